The van der Waals surface area contributed by atoms with Crippen LogP contribution >= 0.6 is 0 Å². The van der Waals surface area contributed by atoms with Crippen LogP contribution in [0.1, 0.15) is 29.4 Å². The molecule has 8 heteroatoms. The molecule has 172 valence electrons. The van der Waals surface area contributed by atoms with Gasteiger partial charge in [0, 0.05) is 40.6 Å². The lowest BCUT2D eigenvalue weighted by atomic mass is 10.1. The molecule has 1 aliphatic carbocycles. The first-order valence-electron chi connectivity index (χ1n) is 11.4. The molecule has 1 aliphatic rings. The van der Waals surface area contributed by atoms with Gasteiger partial charge < -0.3 is 14.6 Å². The van der Waals surface area contributed by atoms with E-state index in [-0.39, 0.29) is 5.91 Å². The third kappa shape index (κ3) is 4.21. The second kappa shape index (κ2) is 8.64. The van der Waals surface area contributed by atoms with Gasteiger partial charge in [0.1, 0.15) is 17.8 Å². The number of benzene rings is 2. The fourth-order valence-corrected chi connectivity index (χ4v) is 4.13. The molecule has 1 fully saturated rings. The Balaban J connectivity index is 1.25. The van der Waals surface area contributed by atoms with Gasteiger partial charge in [-0.2, -0.15) is 0 Å². The van der Waals surface area contributed by atoms with Crippen LogP contribution in [-0.2, 0) is 0 Å². The molecule has 0 radical (unpaired) electrons. The molecule has 1 N–H and O–H groups in total. The van der Waals surface area contributed by atoms with Gasteiger partial charge in [0.25, 0.3) is 5.91 Å². The number of aromatic nitrogens is 5. The first kappa shape index (κ1) is 21.0. The first-order chi connectivity index (χ1) is 17.2. The van der Waals surface area contributed by atoms with E-state index < -0.39 is 0 Å². The second-order valence-electron chi connectivity index (χ2n) is 8.54. The maximum Gasteiger partial charge on any atom is 0.274 e. The van der Waals surface area contributed by atoms with Crippen LogP contribution in [0.25, 0.3) is 33.4 Å². The molecule has 0 unspecified atom stereocenters. The molecular weight excluding hydrogens is 440 g/mol. The monoisotopic (exact) mass is 462 g/mol. The lowest BCUT2D eigenvalue weighted by Crippen LogP contribution is -2.13. The number of carbonyl (C=O) groups excluding carboxylic acids is 1. The zero-order valence-electron chi connectivity index (χ0n) is 19.0. The summed E-state index contributed by atoms with van der Waals surface area (Å²) in [5.41, 5.74) is 4.52. The number of pyridine rings is 2. The fraction of sp³-hybridized carbons (Fsp3) is 0.148. The molecule has 0 aliphatic heterocycles. The summed E-state index contributed by atoms with van der Waals surface area (Å²) in [6, 6.07) is 19.5. The molecule has 0 spiro atoms. The van der Waals surface area contributed by atoms with Crippen LogP contribution in [0.4, 0.5) is 5.69 Å². The van der Waals surface area contributed by atoms with Crippen LogP contribution < -0.4 is 10.1 Å². The lowest BCUT2D eigenvalue weighted by molar-refractivity contribution is 0.102. The molecule has 0 saturated heterocycles. The van der Waals surface area contributed by atoms with E-state index in [0.29, 0.717) is 17.4 Å². The number of hydrogen-bond donors (Lipinski definition) is 1. The predicted octanol–water partition coefficient (Wildman–Crippen LogP) is 5.15. The van der Waals surface area contributed by atoms with E-state index >= 15 is 0 Å². The highest BCUT2D eigenvalue weighted by atomic mass is 16.5. The van der Waals surface area contributed by atoms with Gasteiger partial charge in [0.05, 0.1) is 12.6 Å². The smallest absolute Gasteiger partial charge is 0.274 e. The van der Waals surface area contributed by atoms with Crippen LogP contribution in [0.5, 0.6) is 5.75 Å². The average molecular weight is 463 g/mol. The van der Waals surface area contributed by atoms with Crippen molar-refractivity contribution in [2.24, 2.45) is 0 Å². The maximum atomic E-state index is 13.0. The van der Waals surface area contributed by atoms with Crippen molar-refractivity contribution in [2.75, 3.05) is 12.4 Å². The van der Waals surface area contributed by atoms with Crippen LogP contribution in [0.2, 0.25) is 0 Å². The van der Waals surface area contributed by atoms with Gasteiger partial charge in [-0.15, -0.1) is 10.2 Å². The van der Waals surface area contributed by atoms with Crippen LogP contribution in [0.15, 0.2) is 79.4 Å². The van der Waals surface area contributed by atoms with Gasteiger partial charge in [-0.3, -0.25) is 14.8 Å². The molecule has 5 aromatic rings. The van der Waals surface area contributed by atoms with E-state index in [1.807, 2.05) is 54.6 Å². The van der Waals surface area contributed by atoms with E-state index in [9.17, 15) is 4.79 Å². The van der Waals surface area contributed by atoms with Gasteiger partial charge in [0.2, 0.25) is 0 Å². The number of nitrogens with one attached hydrogen (secondary N) is 1. The quantitative estimate of drug-likeness (QED) is 0.375. The van der Waals surface area contributed by atoms with Gasteiger partial charge in [0.15, 0.2) is 5.82 Å². The SMILES string of the molecule is COc1ccc2ncc(-c3ccnc(C(=O)Nc4cccc(-c5nncn5C5CC5)c4)c3)cc2c1. The Morgan fingerprint density at radius 3 is 2.77 bits per heavy atom. The van der Waals surface area contributed by atoms with Crippen LogP contribution in [0, 0.1) is 0 Å². The summed E-state index contributed by atoms with van der Waals surface area (Å²) in [5.74, 6) is 1.29. The Morgan fingerprint density at radius 2 is 1.91 bits per heavy atom. The van der Waals surface area contributed by atoms with Crippen molar-refractivity contribution in [3.05, 3.63) is 85.1 Å². The summed E-state index contributed by atoms with van der Waals surface area (Å²) >= 11 is 0. The minimum atomic E-state index is -0.289. The molecule has 1 amide bonds. The highest BCUT2D eigenvalue weighted by Gasteiger charge is 2.26. The molecule has 0 bridgehead atoms. The summed E-state index contributed by atoms with van der Waals surface area (Å²) in [6.45, 7) is 0. The predicted molar refractivity (Wildman–Crippen MR) is 133 cm³/mol. The van der Waals surface area contributed by atoms with Gasteiger partial charge in [-0.05, 0) is 66.9 Å². The molecule has 0 atom stereocenters. The Morgan fingerprint density at radius 1 is 1.00 bits per heavy atom. The van der Waals surface area contributed by atoms with Gasteiger partial charge >= 0.3 is 0 Å². The molecule has 3 heterocycles. The van der Waals surface area contributed by atoms with E-state index in [1.165, 1.54) is 0 Å². The highest BCUT2D eigenvalue weighted by molar-refractivity contribution is 6.03. The number of hydrogen-bond acceptors (Lipinski definition) is 6. The summed E-state index contributed by atoms with van der Waals surface area (Å²) < 4.78 is 7.43. The molecular formula is C27H22N6O2. The Bertz CT molecular complexity index is 1560. The topological polar surface area (TPSA) is 94.8 Å². The summed E-state index contributed by atoms with van der Waals surface area (Å²) in [5, 5.41) is 12.3. The third-order valence-corrected chi connectivity index (χ3v) is 6.11. The number of methoxy groups -OCH3 is 1. The Labute approximate surface area is 201 Å². The van der Waals surface area contributed by atoms with Crippen LogP contribution in [-0.4, -0.2) is 37.7 Å². The summed E-state index contributed by atoms with van der Waals surface area (Å²) in [4.78, 5) is 21.9. The second-order valence-corrected chi connectivity index (χ2v) is 8.54. The zero-order chi connectivity index (χ0) is 23.8. The minimum absolute atomic E-state index is 0.289. The first-order valence-corrected chi connectivity index (χ1v) is 11.4. The number of ether oxygens (including phenoxy) is 1. The minimum Gasteiger partial charge on any atom is -0.497 e. The van der Waals surface area contributed by atoms with Gasteiger partial charge in [-0.1, -0.05) is 12.1 Å². The Hall–Kier alpha value is -4.59. The van der Waals surface area contributed by atoms with Crippen molar-refractivity contribution in [1.29, 1.82) is 0 Å². The van der Waals surface area contributed by atoms with Crippen molar-refractivity contribution in [3.63, 3.8) is 0 Å². The Kier molecular flexibility index (Phi) is 5.18. The fourth-order valence-electron chi connectivity index (χ4n) is 4.13. The van der Waals surface area contributed by atoms with Crippen LogP contribution in [0.3, 0.4) is 0 Å². The lowest BCUT2D eigenvalue weighted by Gasteiger charge is -2.09. The number of fused-ring (bicyclic) bond motifs is 1. The summed E-state index contributed by atoms with van der Waals surface area (Å²) in [6.07, 6.45) is 7.48. The number of anilines is 1. The molecule has 1 saturated carbocycles. The number of rotatable bonds is 6. The van der Waals surface area contributed by atoms with Crippen molar-refractivity contribution >= 4 is 22.5 Å². The normalized spacial score (nSPS) is 13.1. The van der Waals surface area contributed by atoms with Crippen molar-refractivity contribution in [1.82, 2.24) is 24.7 Å². The molecule has 2 aromatic carbocycles. The highest BCUT2D eigenvalue weighted by Crippen LogP contribution is 2.37. The van der Waals surface area contributed by atoms with Crippen molar-refractivity contribution in [2.45, 2.75) is 18.9 Å². The van der Waals surface area contributed by atoms with Crippen molar-refractivity contribution in [3.8, 4) is 28.3 Å². The zero-order valence-corrected chi connectivity index (χ0v) is 19.0. The average Bonchev–Trinajstić information content (AvgIpc) is 3.64. The molecule has 35 heavy (non-hydrogen) atoms. The largest absolute Gasteiger partial charge is 0.497 e. The van der Waals surface area contributed by atoms with E-state index in [2.05, 4.69) is 30.0 Å². The molecule has 3 aromatic heterocycles. The third-order valence-electron chi connectivity index (χ3n) is 6.11. The molecule has 8 nitrogen and oxygen atoms in total. The number of carbonyl (C=O) groups is 1. The number of nitrogens with zero attached hydrogens (tertiary/aromatic N) is 5. The standard InChI is InChI=1S/C27H22N6O2/c1-35-23-7-8-24-19(13-23)11-20(15-29-24)17-9-10-28-25(14-17)27(34)31-21-4-2-3-18(12-21)26-32-30-16-33(26)22-5-6-22/h2-4,7-16,22H,5-6H2,1H3,(H,31,34). The van der Waals surface area contributed by atoms with Crippen molar-refractivity contribution < 1.29 is 9.53 Å². The maximum absolute atomic E-state index is 13.0. The van der Waals surface area contributed by atoms with E-state index in [4.69, 9.17) is 4.74 Å². The number of amides is 1. The summed E-state index contributed by atoms with van der Waals surface area (Å²) in [7, 11) is 1.64. The molecule has 6 rings (SSSR count). The van der Waals surface area contributed by atoms with E-state index in [1.54, 1.807) is 31.9 Å². The van der Waals surface area contributed by atoms with E-state index in [0.717, 1.165) is 52.0 Å². The van der Waals surface area contributed by atoms with Gasteiger partial charge in [-0.25, -0.2) is 0 Å².